The zero-order chi connectivity index (χ0) is 23.2. The molecule has 2 atom stereocenters. The van der Waals surface area contributed by atoms with Crippen LogP contribution in [0.5, 0.6) is 5.75 Å². The molecule has 2 aliphatic heterocycles. The molecule has 3 aromatic rings. The van der Waals surface area contributed by atoms with E-state index in [0.29, 0.717) is 29.7 Å². The molecule has 0 aromatic heterocycles. The first-order valence-electron chi connectivity index (χ1n) is 10.9. The second kappa shape index (κ2) is 7.49. The third-order valence-electron chi connectivity index (χ3n) is 6.46. The first-order valence-corrected chi connectivity index (χ1v) is 10.9. The number of amides is 1. The Bertz CT molecular complexity index is 1330. The zero-order valence-electron chi connectivity index (χ0n) is 18.6. The summed E-state index contributed by atoms with van der Waals surface area (Å²) in [6.07, 6.45) is 1.00. The summed E-state index contributed by atoms with van der Waals surface area (Å²) < 4.78 is 6.53. The van der Waals surface area contributed by atoms with E-state index in [4.69, 9.17) is 15.5 Å². The summed E-state index contributed by atoms with van der Waals surface area (Å²) in [6.45, 7) is 2.02. The van der Waals surface area contributed by atoms with Crippen molar-refractivity contribution >= 4 is 11.9 Å². The quantitative estimate of drug-likeness (QED) is 0.672. The Labute approximate surface area is 192 Å². The number of nitrogens with two attached hydrogens (primary N) is 1. The van der Waals surface area contributed by atoms with Gasteiger partial charge in [0, 0.05) is 25.5 Å². The molecule has 0 aliphatic carbocycles. The first-order chi connectivity index (χ1) is 15.8. The molecule has 2 heterocycles. The number of likely N-dealkylation sites (N-methyl/N-ethyl adjacent to an activating group) is 1. The van der Waals surface area contributed by atoms with Gasteiger partial charge in [-0.3, -0.25) is 9.69 Å². The predicted molar refractivity (Wildman–Crippen MR) is 126 cm³/mol. The number of nitriles is 1. The van der Waals surface area contributed by atoms with Crippen molar-refractivity contribution in [3.63, 3.8) is 0 Å². The molecule has 1 unspecified atom stereocenters. The number of ether oxygens (including phenoxy) is 1. The van der Waals surface area contributed by atoms with Crippen molar-refractivity contribution in [3.05, 3.63) is 89.5 Å². The molecule has 0 fully saturated rings. The molecule has 1 spiro atoms. The molecule has 1 amide bonds. The van der Waals surface area contributed by atoms with E-state index in [-0.39, 0.29) is 11.9 Å². The summed E-state index contributed by atoms with van der Waals surface area (Å²) in [5, 5.41) is 9.29. The highest BCUT2D eigenvalue weighted by Gasteiger charge is 2.56. The van der Waals surface area contributed by atoms with E-state index in [1.165, 1.54) is 4.90 Å². The lowest BCUT2D eigenvalue weighted by molar-refractivity contribution is -0.133. The van der Waals surface area contributed by atoms with Crippen molar-refractivity contribution < 1.29 is 9.53 Å². The van der Waals surface area contributed by atoms with Crippen LogP contribution in [0.3, 0.4) is 0 Å². The Morgan fingerprint density at radius 2 is 1.85 bits per heavy atom. The molecular formula is C27H24N4O2. The molecular weight excluding hydrogens is 412 g/mol. The summed E-state index contributed by atoms with van der Waals surface area (Å²) in [6, 6.07) is 25.4. The number of carbonyl (C=O) groups excluding carboxylic acids is 1. The Kier molecular flexibility index (Phi) is 4.71. The summed E-state index contributed by atoms with van der Waals surface area (Å²) in [4.78, 5) is 19.7. The third-order valence-corrected chi connectivity index (χ3v) is 6.46. The van der Waals surface area contributed by atoms with Gasteiger partial charge in [-0.25, -0.2) is 4.99 Å². The fourth-order valence-corrected chi connectivity index (χ4v) is 4.94. The molecule has 164 valence electrons. The van der Waals surface area contributed by atoms with Crippen molar-refractivity contribution in [2.45, 2.75) is 30.9 Å². The van der Waals surface area contributed by atoms with Gasteiger partial charge >= 0.3 is 0 Å². The largest absolute Gasteiger partial charge is 0.487 e. The summed E-state index contributed by atoms with van der Waals surface area (Å²) in [5.41, 5.74) is 8.51. The van der Waals surface area contributed by atoms with Crippen LogP contribution < -0.4 is 10.5 Å². The molecule has 2 N–H and O–H groups in total. The van der Waals surface area contributed by atoms with Gasteiger partial charge in [0.05, 0.1) is 11.6 Å². The van der Waals surface area contributed by atoms with Crippen molar-refractivity contribution in [2.24, 2.45) is 10.7 Å². The normalized spacial score (nSPS) is 23.6. The lowest BCUT2D eigenvalue weighted by atomic mass is 9.74. The lowest BCUT2D eigenvalue weighted by Gasteiger charge is -2.43. The molecule has 2 aliphatic rings. The van der Waals surface area contributed by atoms with Crippen molar-refractivity contribution in [3.8, 4) is 22.9 Å². The van der Waals surface area contributed by atoms with Crippen LogP contribution in [-0.2, 0) is 16.8 Å². The minimum Gasteiger partial charge on any atom is -0.487 e. The van der Waals surface area contributed by atoms with E-state index in [1.807, 2.05) is 61.5 Å². The highest BCUT2D eigenvalue weighted by atomic mass is 16.5. The zero-order valence-corrected chi connectivity index (χ0v) is 18.6. The molecule has 5 rings (SSSR count). The number of guanidine groups is 1. The fraction of sp³-hybridized carbons (Fsp3) is 0.222. The Morgan fingerprint density at radius 3 is 2.55 bits per heavy atom. The van der Waals surface area contributed by atoms with Crippen LogP contribution in [0.4, 0.5) is 0 Å². The smallest absolute Gasteiger partial charge is 0.261 e. The SMILES string of the molecule is CN1C(=O)C2(C[C@@](C)(Cc3ccccc3)Oc3ccc(-c4cccc(C#N)c4)cc32)N=C1N. The number of hydrogen-bond acceptors (Lipinski definition) is 5. The van der Waals surface area contributed by atoms with Gasteiger partial charge in [0.25, 0.3) is 5.91 Å². The van der Waals surface area contributed by atoms with Crippen molar-refractivity contribution in [2.75, 3.05) is 7.05 Å². The van der Waals surface area contributed by atoms with Crippen LogP contribution in [0.2, 0.25) is 0 Å². The molecule has 0 saturated heterocycles. The monoisotopic (exact) mass is 436 g/mol. The number of hydrogen-bond donors (Lipinski definition) is 1. The minimum absolute atomic E-state index is 0.160. The van der Waals surface area contributed by atoms with Gasteiger partial charge in [0.15, 0.2) is 11.5 Å². The maximum Gasteiger partial charge on any atom is 0.261 e. The molecule has 33 heavy (non-hydrogen) atoms. The minimum atomic E-state index is -1.15. The van der Waals surface area contributed by atoms with Crippen LogP contribution in [0.1, 0.15) is 30.0 Å². The van der Waals surface area contributed by atoms with Gasteiger partial charge in [0.2, 0.25) is 0 Å². The third kappa shape index (κ3) is 3.42. The fourth-order valence-electron chi connectivity index (χ4n) is 4.94. The Balaban J connectivity index is 1.65. The highest BCUT2D eigenvalue weighted by molar-refractivity contribution is 6.07. The number of benzene rings is 3. The van der Waals surface area contributed by atoms with E-state index in [9.17, 15) is 10.1 Å². The second-order valence-electron chi connectivity index (χ2n) is 8.99. The number of nitrogens with zero attached hydrogens (tertiary/aromatic N) is 3. The summed E-state index contributed by atoms with van der Waals surface area (Å²) >= 11 is 0. The van der Waals surface area contributed by atoms with Gasteiger partial charge in [0.1, 0.15) is 11.4 Å². The summed E-state index contributed by atoms with van der Waals surface area (Å²) in [7, 11) is 1.65. The van der Waals surface area contributed by atoms with Crippen molar-refractivity contribution in [1.82, 2.24) is 4.90 Å². The van der Waals surface area contributed by atoms with Crippen LogP contribution in [0.25, 0.3) is 11.1 Å². The Hall–Kier alpha value is -4.11. The van der Waals surface area contributed by atoms with E-state index < -0.39 is 11.1 Å². The van der Waals surface area contributed by atoms with E-state index in [2.05, 4.69) is 18.2 Å². The van der Waals surface area contributed by atoms with Gasteiger partial charge in [-0.2, -0.15) is 5.26 Å². The number of carbonyl (C=O) groups is 1. The average molecular weight is 437 g/mol. The molecule has 6 nitrogen and oxygen atoms in total. The standard InChI is InChI=1S/C27H24N4O2/c1-26(15-18-7-4-3-5-8-18)17-27(24(32)31(2)25(29)30-27)22-14-21(11-12-23(22)33-26)20-10-6-9-19(13-20)16-28/h3-14H,15,17H2,1-2H3,(H2,29,30)/t26-,27?/m1/s1. The highest BCUT2D eigenvalue weighted by Crippen LogP contribution is 2.50. The average Bonchev–Trinajstić information content (AvgIpc) is 3.03. The second-order valence-corrected chi connectivity index (χ2v) is 8.99. The topological polar surface area (TPSA) is 91.7 Å². The summed E-state index contributed by atoms with van der Waals surface area (Å²) in [5.74, 6) is 0.665. The van der Waals surface area contributed by atoms with E-state index in [1.54, 1.807) is 13.1 Å². The maximum absolute atomic E-state index is 13.6. The molecule has 0 saturated carbocycles. The van der Waals surface area contributed by atoms with Crippen LogP contribution in [0.15, 0.2) is 77.8 Å². The van der Waals surface area contributed by atoms with E-state index in [0.717, 1.165) is 16.7 Å². The molecule has 3 aromatic carbocycles. The molecule has 6 heteroatoms. The number of rotatable bonds is 3. The first kappa shape index (κ1) is 20.8. The van der Waals surface area contributed by atoms with Crippen LogP contribution in [-0.4, -0.2) is 29.4 Å². The maximum atomic E-state index is 13.6. The predicted octanol–water partition coefficient (Wildman–Crippen LogP) is 3.99. The molecule has 0 radical (unpaired) electrons. The molecule has 0 bridgehead atoms. The van der Waals surface area contributed by atoms with Gasteiger partial charge in [-0.15, -0.1) is 0 Å². The van der Waals surface area contributed by atoms with Crippen LogP contribution in [0, 0.1) is 11.3 Å². The number of fused-ring (bicyclic) bond motifs is 2. The number of aliphatic imine (C=N–C) groups is 1. The van der Waals surface area contributed by atoms with Gasteiger partial charge < -0.3 is 10.5 Å². The van der Waals surface area contributed by atoms with Gasteiger partial charge in [-0.05, 0) is 47.9 Å². The van der Waals surface area contributed by atoms with Crippen molar-refractivity contribution in [1.29, 1.82) is 5.26 Å². The van der Waals surface area contributed by atoms with E-state index >= 15 is 0 Å². The lowest BCUT2D eigenvalue weighted by Crippen LogP contribution is -2.51. The van der Waals surface area contributed by atoms with Gasteiger partial charge in [-0.1, -0.05) is 48.5 Å². The Morgan fingerprint density at radius 1 is 1.09 bits per heavy atom. The van der Waals surface area contributed by atoms with Crippen LogP contribution >= 0.6 is 0 Å².